The number of rotatable bonds is 6. The van der Waals surface area contributed by atoms with Crippen LogP contribution < -0.4 is 10.2 Å². The van der Waals surface area contributed by atoms with E-state index in [1.54, 1.807) is 23.3 Å². The molecule has 2 aromatic rings. The largest absolute Gasteiger partial charge is 0.491 e. The van der Waals surface area contributed by atoms with Gasteiger partial charge in [-0.15, -0.1) is 11.3 Å². The highest BCUT2D eigenvalue weighted by Gasteiger charge is 2.25. The van der Waals surface area contributed by atoms with E-state index in [-0.39, 0.29) is 12.7 Å². The molecule has 2 N–H and O–H groups in total. The van der Waals surface area contributed by atoms with E-state index < -0.39 is 6.10 Å². The topological polar surface area (TPSA) is 83.9 Å². The zero-order valence-electron chi connectivity index (χ0n) is 15.1. The maximum Gasteiger partial charge on any atom is 0.428 e. The lowest BCUT2D eigenvalue weighted by Crippen LogP contribution is -2.41. The molecule has 26 heavy (non-hydrogen) atoms. The summed E-state index contributed by atoms with van der Waals surface area (Å²) >= 11 is 1.66. The number of carbonyl (C=O) groups excluding carboxylic acids is 1. The first-order valence-corrected chi connectivity index (χ1v) is 9.67. The first-order valence-electron chi connectivity index (χ1n) is 8.85. The summed E-state index contributed by atoms with van der Waals surface area (Å²) in [6, 6.07) is 5.83. The Labute approximate surface area is 156 Å². The lowest BCUT2D eigenvalue weighted by Gasteiger charge is -2.31. The van der Waals surface area contributed by atoms with Crippen molar-refractivity contribution < 1.29 is 19.5 Å². The molecule has 1 aromatic carbocycles. The third kappa shape index (κ3) is 4.84. The van der Waals surface area contributed by atoms with Crippen molar-refractivity contribution >= 4 is 27.6 Å². The molecule has 0 spiro atoms. The number of fused-ring (bicyclic) bond motifs is 1. The van der Waals surface area contributed by atoms with Crippen molar-refractivity contribution in [2.45, 2.75) is 32.3 Å². The summed E-state index contributed by atoms with van der Waals surface area (Å²) in [4.78, 5) is 22.6. The van der Waals surface area contributed by atoms with Crippen LogP contribution in [0.3, 0.4) is 0 Å². The first kappa shape index (κ1) is 18.9. The van der Waals surface area contributed by atoms with E-state index in [4.69, 9.17) is 9.57 Å². The van der Waals surface area contributed by atoms with Gasteiger partial charge in [-0.1, -0.05) is 0 Å². The minimum atomic E-state index is -0.524. The standard InChI is InChI=1S/C18H25N3O4S/c1-12-20-16-10-15(3-4-17(16)26-12)24-11-14(22)9-13-5-7-21(8-6-13)18(23)25-19-2/h3-4,10,13-14,19,22H,5-9,11H2,1-2H3. The lowest BCUT2D eigenvalue weighted by atomic mass is 9.91. The molecule has 1 unspecified atom stereocenters. The summed E-state index contributed by atoms with van der Waals surface area (Å²) in [5, 5.41) is 11.3. The van der Waals surface area contributed by atoms with Gasteiger partial charge in [0.05, 0.1) is 21.3 Å². The zero-order chi connectivity index (χ0) is 18.5. The molecule has 3 rings (SSSR count). The van der Waals surface area contributed by atoms with Crippen LogP contribution in [-0.4, -0.2) is 53.9 Å². The number of hydroxylamine groups is 1. The van der Waals surface area contributed by atoms with Gasteiger partial charge in [-0.05, 0) is 44.2 Å². The second-order valence-electron chi connectivity index (χ2n) is 6.57. The van der Waals surface area contributed by atoms with E-state index in [2.05, 4.69) is 10.5 Å². The minimum absolute atomic E-state index is 0.261. The smallest absolute Gasteiger partial charge is 0.428 e. The van der Waals surface area contributed by atoms with Crippen LogP contribution in [-0.2, 0) is 4.84 Å². The zero-order valence-corrected chi connectivity index (χ0v) is 15.9. The number of ether oxygens (including phenoxy) is 1. The Morgan fingerprint density at radius 2 is 2.23 bits per heavy atom. The highest BCUT2D eigenvalue weighted by Crippen LogP contribution is 2.26. The van der Waals surface area contributed by atoms with Crippen molar-refractivity contribution in [3.63, 3.8) is 0 Å². The molecule has 0 radical (unpaired) electrons. The number of nitrogens with zero attached hydrogens (tertiary/aromatic N) is 2. The van der Waals surface area contributed by atoms with Gasteiger partial charge >= 0.3 is 6.09 Å². The Bertz CT molecular complexity index is 743. The normalized spacial score (nSPS) is 16.7. The number of likely N-dealkylation sites (tertiary alicyclic amines) is 1. The van der Waals surface area contributed by atoms with Crippen LogP contribution in [0.5, 0.6) is 5.75 Å². The van der Waals surface area contributed by atoms with Gasteiger partial charge in [-0.25, -0.2) is 9.78 Å². The van der Waals surface area contributed by atoms with Gasteiger partial charge in [0, 0.05) is 26.2 Å². The van der Waals surface area contributed by atoms with Gasteiger partial charge in [-0.2, -0.15) is 5.48 Å². The monoisotopic (exact) mass is 379 g/mol. The molecular weight excluding hydrogens is 354 g/mol. The van der Waals surface area contributed by atoms with Gasteiger partial charge in [0.15, 0.2) is 0 Å². The molecule has 1 aliphatic heterocycles. The van der Waals surface area contributed by atoms with Crippen molar-refractivity contribution in [1.82, 2.24) is 15.4 Å². The highest BCUT2D eigenvalue weighted by molar-refractivity contribution is 7.18. The molecule has 1 fully saturated rings. The average molecular weight is 379 g/mol. The molecule has 1 amide bonds. The van der Waals surface area contributed by atoms with Crippen molar-refractivity contribution in [3.05, 3.63) is 23.2 Å². The summed E-state index contributed by atoms with van der Waals surface area (Å²) < 4.78 is 6.88. The number of aromatic nitrogens is 1. The fourth-order valence-corrected chi connectivity index (χ4v) is 4.07. The maximum absolute atomic E-state index is 11.6. The van der Waals surface area contributed by atoms with E-state index in [1.165, 1.54) is 0 Å². The van der Waals surface area contributed by atoms with E-state index >= 15 is 0 Å². The second-order valence-corrected chi connectivity index (χ2v) is 7.80. The number of carbonyl (C=O) groups is 1. The van der Waals surface area contributed by atoms with E-state index in [1.807, 2.05) is 25.1 Å². The van der Waals surface area contributed by atoms with Crippen LogP contribution >= 0.6 is 11.3 Å². The Morgan fingerprint density at radius 1 is 1.46 bits per heavy atom. The van der Waals surface area contributed by atoms with Crippen LogP contribution in [0, 0.1) is 12.8 Å². The second kappa shape index (κ2) is 8.66. The third-order valence-corrected chi connectivity index (χ3v) is 5.53. The Kier molecular flexibility index (Phi) is 6.29. The predicted octanol–water partition coefficient (Wildman–Crippen LogP) is 2.72. The van der Waals surface area contributed by atoms with Crippen LogP contribution in [0.15, 0.2) is 18.2 Å². The number of amides is 1. The summed E-state index contributed by atoms with van der Waals surface area (Å²) in [7, 11) is 1.56. The molecule has 0 bridgehead atoms. The first-order chi connectivity index (χ1) is 12.5. The lowest BCUT2D eigenvalue weighted by molar-refractivity contribution is 0.0435. The number of benzene rings is 1. The van der Waals surface area contributed by atoms with Gasteiger partial charge < -0.3 is 19.6 Å². The van der Waals surface area contributed by atoms with E-state index in [9.17, 15) is 9.90 Å². The number of piperidine rings is 1. The number of aliphatic hydroxyl groups excluding tert-OH is 1. The van der Waals surface area contributed by atoms with E-state index in [0.717, 1.165) is 33.8 Å². The highest BCUT2D eigenvalue weighted by atomic mass is 32.1. The average Bonchev–Trinajstić information content (AvgIpc) is 3.00. The van der Waals surface area contributed by atoms with Gasteiger partial charge in [-0.3, -0.25) is 0 Å². The third-order valence-electron chi connectivity index (χ3n) is 4.58. The predicted molar refractivity (Wildman–Crippen MR) is 100 cm³/mol. The van der Waals surface area contributed by atoms with Gasteiger partial charge in [0.25, 0.3) is 0 Å². The van der Waals surface area contributed by atoms with Crippen molar-refractivity contribution in [2.24, 2.45) is 5.92 Å². The number of nitrogens with one attached hydrogen (secondary N) is 1. The van der Waals surface area contributed by atoms with E-state index in [0.29, 0.717) is 25.4 Å². The Hall–Kier alpha value is -1.90. The number of hydrogen-bond acceptors (Lipinski definition) is 7. The van der Waals surface area contributed by atoms with Crippen molar-refractivity contribution in [1.29, 1.82) is 0 Å². The van der Waals surface area contributed by atoms with Crippen molar-refractivity contribution in [2.75, 3.05) is 26.7 Å². The molecule has 1 saturated heterocycles. The SMILES string of the molecule is CNOC(=O)N1CCC(CC(O)COc2ccc3sc(C)nc3c2)CC1. The summed E-state index contributed by atoms with van der Waals surface area (Å²) in [6.45, 7) is 3.55. The number of hydrogen-bond donors (Lipinski definition) is 2. The minimum Gasteiger partial charge on any atom is -0.491 e. The fraction of sp³-hybridized carbons (Fsp3) is 0.556. The molecule has 8 heteroatoms. The van der Waals surface area contributed by atoms with Crippen molar-refractivity contribution in [3.8, 4) is 5.75 Å². The number of thiazole rings is 1. The van der Waals surface area contributed by atoms with Gasteiger partial charge in [0.1, 0.15) is 12.4 Å². The quantitative estimate of drug-likeness (QED) is 0.751. The molecular formula is C18H25N3O4S. The van der Waals surface area contributed by atoms with Crippen LogP contribution in [0.4, 0.5) is 4.79 Å². The van der Waals surface area contributed by atoms with Crippen LogP contribution in [0.1, 0.15) is 24.3 Å². The molecule has 2 heterocycles. The molecule has 1 aliphatic rings. The summed E-state index contributed by atoms with van der Waals surface area (Å²) in [5.41, 5.74) is 3.33. The van der Waals surface area contributed by atoms with Crippen LogP contribution in [0.25, 0.3) is 10.2 Å². The Balaban J connectivity index is 1.42. The van der Waals surface area contributed by atoms with Gasteiger partial charge in [0.2, 0.25) is 0 Å². The molecule has 1 aromatic heterocycles. The fourth-order valence-electron chi connectivity index (χ4n) is 3.26. The molecule has 142 valence electrons. The molecule has 1 atom stereocenters. The van der Waals surface area contributed by atoms with Crippen LogP contribution in [0.2, 0.25) is 0 Å². The number of aliphatic hydroxyl groups is 1. The molecule has 0 aliphatic carbocycles. The number of aryl methyl sites for hydroxylation is 1. The summed E-state index contributed by atoms with van der Waals surface area (Å²) in [6.07, 6.45) is 1.53. The molecule has 0 saturated carbocycles. The molecule has 7 nitrogen and oxygen atoms in total. The summed E-state index contributed by atoms with van der Waals surface area (Å²) in [5.74, 6) is 1.11. The Morgan fingerprint density at radius 3 is 2.96 bits per heavy atom. The maximum atomic E-state index is 11.6.